The van der Waals surface area contributed by atoms with Gasteiger partial charge in [-0.2, -0.15) is 0 Å². The average molecular weight is 377 g/mol. The Bertz CT molecular complexity index is 703. The highest BCUT2D eigenvalue weighted by Crippen LogP contribution is 2.40. The summed E-state index contributed by atoms with van der Waals surface area (Å²) >= 11 is 0. The standard InChI is InChI=1S/C27H36O/c1-3-5-6-20-28-21-23-10-14-25(15-11-23)27-18-16-26(17-19-27)24-12-8-22(7-4-2)9-13-24/h4,7-15,26-27H,3,5-6,16-21H2,1-2H3/b7-4+. The summed E-state index contributed by atoms with van der Waals surface area (Å²) in [4.78, 5) is 0. The number of ether oxygens (including phenoxy) is 1. The van der Waals surface area contributed by atoms with Crippen LogP contribution < -0.4 is 0 Å². The van der Waals surface area contributed by atoms with Crippen molar-refractivity contribution in [1.82, 2.24) is 0 Å². The molecule has 1 aliphatic carbocycles. The maximum atomic E-state index is 5.79. The lowest BCUT2D eigenvalue weighted by Crippen LogP contribution is -2.12. The Morgan fingerprint density at radius 3 is 1.93 bits per heavy atom. The van der Waals surface area contributed by atoms with Crippen molar-refractivity contribution in [2.24, 2.45) is 0 Å². The molecule has 0 amide bonds. The second-order valence-electron chi connectivity index (χ2n) is 8.22. The predicted octanol–water partition coefficient (Wildman–Crippen LogP) is 7.87. The molecule has 0 bridgehead atoms. The summed E-state index contributed by atoms with van der Waals surface area (Å²) in [5, 5.41) is 0. The van der Waals surface area contributed by atoms with Crippen LogP contribution in [0.25, 0.3) is 6.08 Å². The molecule has 1 fully saturated rings. The van der Waals surface area contributed by atoms with Gasteiger partial charge in [-0.15, -0.1) is 0 Å². The maximum Gasteiger partial charge on any atom is 0.0716 e. The van der Waals surface area contributed by atoms with Gasteiger partial charge in [0.2, 0.25) is 0 Å². The van der Waals surface area contributed by atoms with Crippen LogP contribution in [0.4, 0.5) is 0 Å². The molecule has 0 heterocycles. The van der Waals surface area contributed by atoms with Crippen LogP contribution in [0, 0.1) is 0 Å². The minimum atomic E-state index is 0.720. The molecule has 0 unspecified atom stereocenters. The Kier molecular flexibility index (Phi) is 8.36. The van der Waals surface area contributed by atoms with Gasteiger partial charge in [0.25, 0.3) is 0 Å². The summed E-state index contributed by atoms with van der Waals surface area (Å²) in [5.41, 5.74) is 5.63. The normalized spacial score (nSPS) is 19.9. The molecule has 0 aliphatic heterocycles. The van der Waals surface area contributed by atoms with Crippen molar-refractivity contribution in [3.8, 4) is 0 Å². The molecule has 0 atom stereocenters. The Morgan fingerprint density at radius 2 is 1.39 bits per heavy atom. The Labute approximate surface area is 171 Å². The van der Waals surface area contributed by atoms with Crippen molar-refractivity contribution < 1.29 is 4.74 Å². The van der Waals surface area contributed by atoms with Gasteiger partial charge in [0.05, 0.1) is 6.61 Å². The van der Waals surface area contributed by atoms with Gasteiger partial charge in [-0.1, -0.05) is 80.4 Å². The summed E-state index contributed by atoms with van der Waals surface area (Å²) in [7, 11) is 0. The second kappa shape index (κ2) is 11.2. The maximum absolute atomic E-state index is 5.79. The number of rotatable bonds is 9. The van der Waals surface area contributed by atoms with E-state index >= 15 is 0 Å². The third-order valence-corrected chi connectivity index (χ3v) is 6.11. The van der Waals surface area contributed by atoms with Gasteiger partial charge < -0.3 is 4.74 Å². The molecule has 1 saturated carbocycles. The lowest BCUT2D eigenvalue weighted by atomic mass is 9.76. The topological polar surface area (TPSA) is 9.23 Å². The monoisotopic (exact) mass is 376 g/mol. The van der Waals surface area contributed by atoms with Gasteiger partial charge in [0.15, 0.2) is 0 Å². The van der Waals surface area contributed by atoms with Crippen molar-refractivity contribution in [1.29, 1.82) is 0 Å². The van der Waals surface area contributed by atoms with Gasteiger partial charge in [-0.3, -0.25) is 0 Å². The minimum Gasteiger partial charge on any atom is -0.377 e. The van der Waals surface area contributed by atoms with Crippen LogP contribution in [0.2, 0.25) is 0 Å². The molecule has 28 heavy (non-hydrogen) atoms. The summed E-state index contributed by atoms with van der Waals surface area (Å²) in [5.74, 6) is 1.45. The molecule has 0 spiro atoms. The molecule has 1 aliphatic rings. The fraction of sp³-hybridized carbons (Fsp3) is 0.481. The van der Waals surface area contributed by atoms with Crippen LogP contribution in [-0.4, -0.2) is 6.61 Å². The van der Waals surface area contributed by atoms with Gasteiger partial charge in [-0.05, 0) is 73.1 Å². The van der Waals surface area contributed by atoms with E-state index in [-0.39, 0.29) is 0 Å². The van der Waals surface area contributed by atoms with Gasteiger partial charge in [-0.25, -0.2) is 0 Å². The first-order chi connectivity index (χ1) is 13.8. The van der Waals surface area contributed by atoms with E-state index in [0.29, 0.717) is 0 Å². The molecular weight excluding hydrogens is 340 g/mol. The first kappa shape index (κ1) is 20.9. The molecule has 0 N–H and O–H groups in total. The highest BCUT2D eigenvalue weighted by Gasteiger charge is 2.23. The van der Waals surface area contributed by atoms with E-state index in [4.69, 9.17) is 4.74 Å². The summed E-state index contributed by atoms with van der Waals surface area (Å²) in [6.45, 7) is 5.94. The van der Waals surface area contributed by atoms with Crippen LogP contribution >= 0.6 is 0 Å². The third-order valence-electron chi connectivity index (χ3n) is 6.11. The fourth-order valence-electron chi connectivity index (χ4n) is 4.36. The SMILES string of the molecule is C/C=C/c1ccc(C2CCC(c3ccc(COCCCCC)cc3)CC2)cc1. The quantitative estimate of drug-likeness (QED) is 0.405. The smallest absolute Gasteiger partial charge is 0.0716 e. The van der Waals surface area contributed by atoms with Crippen molar-refractivity contribution in [3.63, 3.8) is 0 Å². The zero-order valence-corrected chi connectivity index (χ0v) is 17.7. The first-order valence-electron chi connectivity index (χ1n) is 11.2. The van der Waals surface area contributed by atoms with E-state index in [0.717, 1.165) is 25.0 Å². The fourth-order valence-corrected chi connectivity index (χ4v) is 4.36. The molecular formula is C27H36O. The predicted molar refractivity (Wildman–Crippen MR) is 121 cm³/mol. The number of benzene rings is 2. The molecule has 2 aromatic carbocycles. The van der Waals surface area contributed by atoms with Gasteiger partial charge >= 0.3 is 0 Å². The molecule has 0 aromatic heterocycles. The van der Waals surface area contributed by atoms with E-state index in [9.17, 15) is 0 Å². The Hall–Kier alpha value is -1.86. The highest BCUT2D eigenvalue weighted by molar-refractivity contribution is 5.49. The van der Waals surface area contributed by atoms with E-state index in [1.807, 2.05) is 0 Å². The number of allylic oxidation sites excluding steroid dienone is 1. The van der Waals surface area contributed by atoms with Crippen LogP contribution in [0.3, 0.4) is 0 Å². The number of unbranched alkanes of at least 4 members (excludes halogenated alkanes) is 2. The molecule has 2 aromatic rings. The number of hydrogen-bond acceptors (Lipinski definition) is 1. The summed E-state index contributed by atoms with van der Waals surface area (Å²) < 4.78 is 5.79. The lowest BCUT2D eigenvalue weighted by Gasteiger charge is -2.29. The van der Waals surface area contributed by atoms with Crippen molar-refractivity contribution in [3.05, 3.63) is 76.9 Å². The zero-order valence-electron chi connectivity index (χ0n) is 17.7. The summed E-state index contributed by atoms with van der Waals surface area (Å²) in [6, 6.07) is 18.4. The van der Waals surface area contributed by atoms with Crippen LogP contribution in [0.1, 0.15) is 92.9 Å². The van der Waals surface area contributed by atoms with Crippen LogP contribution in [-0.2, 0) is 11.3 Å². The highest BCUT2D eigenvalue weighted by atomic mass is 16.5. The van der Waals surface area contributed by atoms with Crippen LogP contribution in [0.15, 0.2) is 54.6 Å². The zero-order chi connectivity index (χ0) is 19.6. The van der Waals surface area contributed by atoms with E-state index < -0.39 is 0 Å². The van der Waals surface area contributed by atoms with E-state index in [1.54, 1.807) is 0 Å². The minimum absolute atomic E-state index is 0.720. The molecule has 1 heteroatoms. The lowest BCUT2D eigenvalue weighted by molar-refractivity contribution is 0.117. The van der Waals surface area contributed by atoms with E-state index in [2.05, 4.69) is 74.5 Å². The van der Waals surface area contributed by atoms with Gasteiger partial charge in [0, 0.05) is 6.61 Å². The molecule has 0 radical (unpaired) electrons. The Morgan fingerprint density at radius 1 is 0.821 bits per heavy atom. The van der Waals surface area contributed by atoms with Crippen molar-refractivity contribution >= 4 is 6.08 Å². The van der Waals surface area contributed by atoms with Crippen LogP contribution in [0.5, 0.6) is 0 Å². The average Bonchev–Trinajstić information content (AvgIpc) is 2.75. The molecule has 150 valence electrons. The van der Waals surface area contributed by atoms with Gasteiger partial charge in [0.1, 0.15) is 0 Å². The first-order valence-corrected chi connectivity index (χ1v) is 11.2. The summed E-state index contributed by atoms with van der Waals surface area (Å²) in [6.07, 6.45) is 13.2. The van der Waals surface area contributed by atoms with Crippen molar-refractivity contribution in [2.75, 3.05) is 6.61 Å². The van der Waals surface area contributed by atoms with E-state index in [1.165, 1.54) is 67.2 Å². The molecule has 1 nitrogen and oxygen atoms in total. The number of hydrogen-bond donors (Lipinski definition) is 0. The largest absolute Gasteiger partial charge is 0.377 e. The molecule has 3 rings (SSSR count). The molecule has 0 saturated heterocycles. The Balaban J connectivity index is 1.46. The second-order valence-corrected chi connectivity index (χ2v) is 8.22. The third kappa shape index (κ3) is 6.07. The van der Waals surface area contributed by atoms with Crippen molar-refractivity contribution in [2.45, 2.75) is 77.2 Å².